The number of nitrogens with zero attached hydrogens (tertiary/aromatic N) is 5. The van der Waals surface area contributed by atoms with E-state index >= 15 is 0 Å². The number of pyridine rings is 1. The minimum absolute atomic E-state index is 0.258. The van der Waals surface area contributed by atoms with Gasteiger partial charge in [-0.25, -0.2) is 19.0 Å². The van der Waals surface area contributed by atoms with Gasteiger partial charge in [0.15, 0.2) is 5.65 Å². The van der Waals surface area contributed by atoms with Gasteiger partial charge in [-0.05, 0) is 18.2 Å². The highest BCUT2D eigenvalue weighted by molar-refractivity contribution is 5.89. The summed E-state index contributed by atoms with van der Waals surface area (Å²) < 4.78 is 15.7. The molecule has 0 radical (unpaired) electrons. The highest BCUT2D eigenvalue weighted by Gasteiger charge is 2.24. The highest BCUT2D eigenvalue weighted by atomic mass is 19.1. The number of fused-ring (bicyclic) bond motifs is 1. The maximum Gasteiger partial charge on any atom is 0.202 e. The van der Waals surface area contributed by atoms with Crippen LogP contribution in [0.1, 0.15) is 17.3 Å². The summed E-state index contributed by atoms with van der Waals surface area (Å²) in [6, 6.07) is 10.5. The van der Waals surface area contributed by atoms with Gasteiger partial charge in [-0.3, -0.25) is 5.10 Å². The quantitative estimate of drug-likeness (QED) is 0.589. The molecule has 0 unspecified atom stereocenters. The summed E-state index contributed by atoms with van der Waals surface area (Å²) in [5.74, 6) is 1.50. The molecule has 4 aromatic rings. The first-order chi connectivity index (χ1) is 12.8. The predicted octanol–water partition coefficient (Wildman–Crippen LogP) is 2.09. The number of hydrogen-bond donors (Lipinski definition) is 2. The Balaban J connectivity index is 1.58. The summed E-state index contributed by atoms with van der Waals surface area (Å²) in [7, 11) is 0. The van der Waals surface area contributed by atoms with Crippen LogP contribution in [-0.4, -0.2) is 43.0 Å². The van der Waals surface area contributed by atoms with Gasteiger partial charge in [0.2, 0.25) is 5.82 Å². The van der Waals surface area contributed by atoms with Crippen LogP contribution in [0.3, 0.4) is 0 Å². The monoisotopic (exact) mass is 349 g/mol. The molecule has 0 bridgehead atoms. The molecule has 0 atom stereocenters. The number of H-pyrrole nitrogens is 1. The molecule has 0 amide bonds. The third kappa shape index (κ3) is 2.46. The molecule has 130 valence electrons. The fraction of sp³-hybridized carbons (Fsp3) is 0.222. The third-order valence-electron chi connectivity index (χ3n) is 4.67. The minimum Gasteiger partial charge on any atom is -0.315 e. The van der Waals surface area contributed by atoms with Crippen LogP contribution in [-0.2, 0) is 6.54 Å². The van der Waals surface area contributed by atoms with Crippen molar-refractivity contribution in [3.8, 4) is 11.5 Å². The van der Waals surface area contributed by atoms with E-state index in [2.05, 4.69) is 30.6 Å². The van der Waals surface area contributed by atoms with Gasteiger partial charge in [-0.1, -0.05) is 18.2 Å². The zero-order valence-corrected chi connectivity index (χ0v) is 13.9. The van der Waals surface area contributed by atoms with E-state index in [0.717, 1.165) is 24.3 Å². The van der Waals surface area contributed by atoms with Crippen molar-refractivity contribution in [1.29, 1.82) is 0 Å². The number of nitrogens with one attached hydrogen (secondary N) is 2. The molecular formula is C18H16FN7. The van der Waals surface area contributed by atoms with Crippen molar-refractivity contribution < 1.29 is 4.39 Å². The van der Waals surface area contributed by atoms with Gasteiger partial charge in [0.05, 0.1) is 11.9 Å². The van der Waals surface area contributed by atoms with Gasteiger partial charge in [0.1, 0.15) is 17.3 Å². The summed E-state index contributed by atoms with van der Waals surface area (Å²) >= 11 is 0. The molecule has 1 aromatic carbocycles. The molecule has 2 N–H and O–H groups in total. The van der Waals surface area contributed by atoms with Crippen molar-refractivity contribution in [3.05, 3.63) is 59.8 Å². The number of aromatic nitrogens is 6. The van der Waals surface area contributed by atoms with E-state index < -0.39 is 0 Å². The van der Waals surface area contributed by atoms with E-state index in [1.165, 1.54) is 6.07 Å². The second-order valence-electron chi connectivity index (χ2n) is 6.37. The van der Waals surface area contributed by atoms with Crippen molar-refractivity contribution in [3.63, 3.8) is 0 Å². The molecule has 1 aliphatic heterocycles. The van der Waals surface area contributed by atoms with E-state index in [1.54, 1.807) is 23.0 Å². The van der Waals surface area contributed by atoms with Crippen LogP contribution >= 0.6 is 0 Å². The van der Waals surface area contributed by atoms with E-state index in [1.807, 2.05) is 18.2 Å². The number of benzene rings is 1. The van der Waals surface area contributed by atoms with Gasteiger partial charge in [-0.15, -0.1) is 0 Å². The van der Waals surface area contributed by atoms with Crippen LogP contribution < -0.4 is 5.32 Å². The minimum atomic E-state index is -0.258. The Bertz CT molecular complexity index is 1080. The molecule has 1 saturated heterocycles. The average molecular weight is 349 g/mol. The Morgan fingerprint density at radius 3 is 2.85 bits per heavy atom. The first-order valence-electron chi connectivity index (χ1n) is 8.48. The molecule has 3 aromatic heterocycles. The molecule has 8 heteroatoms. The summed E-state index contributed by atoms with van der Waals surface area (Å²) in [5, 5.41) is 16.1. The normalized spacial score (nSPS) is 14.7. The van der Waals surface area contributed by atoms with Gasteiger partial charge >= 0.3 is 0 Å². The molecule has 4 heterocycles. The van der Waals surface area contributed by atoms with E-state index in [4.69, 9.17) is 0 Å². The third-order valence-corrected chi connectivity index (χ3v) is 4.67. The maximum atomic E-state index is 14.0. The molecule has 1 aliphatic rings. The van der Waals surface area contributed by atoms with E-state index in [-0.39, 0.29) is 5.82 Å². The topological polar surface area (TPSA) is 84.3 Å². The lowest BCUT2D eigenvalue weighted by atomic mass is 10.0. The van der Waals surface area contributed by atoms with Gasteiger partial charge in [-0.2, -0.15) is 10.2 Å². The number of hydrogen-bond acceptors (Lipinski definition) is 5. The lowest BCUT2D eigenvalue weighted by molar-refractivity contribution is 0.431. The Morgan fingerprint density at radius 1 is 1.15 bits per heavy atom. The van der Waals surface area contributed by atoms with Crippen molar-refractivity contribution in [2.24, 2.45) is 0 Å². The molecular weight excluding hydrogens is 333 g/mol. The molecule has 0 saturated carbocycles. The smallest absolute Gasteiger partial charge is 0.202 e. The van der Waals surface area contributed by atoms with E-state index in [0.29, 0.717) is 35.2 Å². The molecule has 26 heavy (non-hydrogen) atoms. The Hall–Kier alpha value is -3.13. The van der Waals surface area contributed by atoms with Gasteiger partial charge in [0, 0.05) is 30.8 Å². The summed E-state index contributed by atoms with van der Waals surface area (Å²) in [5.41, 5.74) is 1.90. The van der Waals surface area contributed by atoms with Gasteiger partial charge in [0.25, 0.3) is 0 Å². The second-order valence-corrected chi connectivity index (χ2v) is 6.37. The number of rotatable bonds is 4. The van der Waals surface area contributed by atoms with Crippen LogP contribution in [0, 0.1) is 5.82 Å². The summed E-state index contributed by atoms with van der Waals surface area (Å²) in [4.78, 5) is 9.03. The second kappa shape index (κ2) is 5.99. The first kappa shape index (κ1) is 15.2. The molecule has 0 aliphatic carbocycles. The standard InChI is InChI=1S/C18H16FN7/c19-14-6-2-1-4-11(14)10-26-18-13(5-3-7-21-18)15(25-26)17-22-16(23-24-17)12-8-20-9-12/h1-7,12,20H,8-10H2,(H,22,23,24). The number of halogens is 1. The fourth-order valence-electron chi connectivity index (χ4n) is 3.12. The largest absolute Gasteiger partial charge is 0.315 e. The highest BCUT2D eigenvalue weighted by Crippen LogP contribution is 2.26. The van der Waals surface area contributed by atoms with Crippen molar-refractivity contribution in [2.75, 3.05) is 13.1 Å². The Labute approximate surface area is 148 Å². The number of aromatic amines is 1. The predicted molar refractivity (Wildman–Crippen MR) is 94.0 cm³/mol. The summed E-state index contributed by atoms with van der Waals surface area (Å²) in [6.07, 6.45) is 1.70. The lowest BCUT2D eigenvalue weighted by Gasteiger charge is -2.24. The SMILES string of the molecule is Fc1ccccc1Cn1nc(-c2n[nH]c(C3CNC3)n2)c2cccnc21. The van der Waals surface area contributed by atoms with Crippen molar-refractivity contribution in [2.45, 2.75) is 12.5 Å². The van der Waals surface area contributed by atoms with Gasteiger partial charge < -0.3 is 5.32 Å². The zero-order valence-electron chi connectivity index (χ0n) is 13.9. The Morgan fingerprint density at radius 2 is 2.04 bits per heavy atom. The fourth-order valence-corrected chi connectivity index (χ4v) is 3.12. The summed E-state index contributed by atoms with van der Waals surface area (Å²) in [6.45, 7) is 2.10. The van der Waals surface area contributed by atoms with Crippen LogP contribution in [0.5, 0.6) is 0 Å². The molecule has 1 fully saturated rings. The van der Waals surface area contributed by atoms with Crippen LogP contribution in [0.15, 0.2) is 42.6 Å². The maximum absolute atomic E-state index is 14.0. The van der Waals surface area contributed by atoms with Crippen LogP contribution in [0.25, 0.3) is 22.6 Å². The first-order valence-corrected chi connectivity index (χ1v) is 8.48. The van der Waals surface area contributed by atoms with Crippen molar-refractivity contribution in [1.82, 2.24) is 35.3 Å². The average Bonchev–Trinajstić information content (AvgIpc) is 3.21. The zero-order chi connectivity index (χ0) is 17.5. The molecule has 7 nitrogen and oxygen atoms in total. The Kier molecular flexibility index (Phi) is 3.49. The van der Waals surface area contributed by atoms with Crippen LogP contribution in [0.2, 0.25) is 0 Å². The van der Waals surface area contributed by atoms with E-state index in [9.17, 15) is 4.39 Å². The molecule has 0 spiro atoms. The molecule has 5 rings (SSSR count). The van der Waals surface area contributed by atoms with Crippen molar-refractivity contribution >= 4 is 11.0 Å². The van der Waals surface area contributed by atoms with Crippen LogP contribution in [0.4, 0.5) is 4.39 Å². The lowest BCUT2D eigenvalue weighted by Crippen LogP contribution is -2.40.